The molecule has 0 aliphatic carbocycles. The Morgan fingerprint density at radius 3 is 2.79 bits per heavy atom. The van der Waals surface area contributed by atoms with Crippen LogP contribution in [0.1, 0.15) is 25.2 Å². The molecule has 0 saturated carbocycles. The first-order valence-corrected chi connectivity index (χ1v) is 9.25. The Labute approximate surface area is 165 Å². The van der Waals surface area contributed by atoms with Gasteiger partial charge in [-0.3, -0.25) is 4.79 Å². The van der Waals surface area contributed by atoms with Crippen molar-refractivity contribution in [2.24, 2.45) is 0 Å². The maximum absolute atomic E-state index is 13.3. The predicted molar refractivity (Wildman–Crippen MR) is 102 cm³/mol. The van der Waals surface area contributed by atoms with E-state index in [0.717, 1.165) is 11.3 Å². The zero-order valence-electron chi connectivity index (χ0n) is 15.1. The summed E-state index contributed by atoms with van der Waals surface area (Å²) < 4.78 is 24.1. The number of carbonyl (C=O) groups is 1. The molecule has 1 aliphatic rings. The van der Waals surface area contributed by atoms with Crippen molar-refractivity contribution >= 4 is 23.2 Å². The summed E-state index contributed by atoms with van der Waals surface area (Å²) in [5.74, 6) is 0.774. The second-order valence-electron chi connectivity index (χ2n) is 6.41. The Kier molecular flexibility index (Phi) is 5.00. The van der Waals surface area contributed by atoms with Crippen molar-refractivity contribution in [3.63, 3.8) is 0 Å². The average molecular weight is 402 g/mol. The molecule has 3 aromatic rings. The molecule has 1 saturated heterocycles. The Morgan fingerprint density at radius 1 is 1.29 bits per heavy atom. The third-order valence-corrected chi connectivity index (χ3v) is 4.84. The minimum atomic E-state index is -0.450. The summed E-state index contributed by atoms with van der Waals surface area (Å²) in [6.07, 6.45) is 0.221. The number of hydrogen-bond donors (Lipinski definition) is 0. The standard InChI is InChI=1S/C20H17ClFN3O3/c1-2-27-15-6-3-12(4-7-15)19-23-20(28-24-19)13-9-18(26)25(11-13)17-8-5-14(22)10-16(17)21/h3-8,10,13H,2,9,11H2,1H3. The molecular weight excluding hydrogens is 385 g/mol. The lowest BCUT2D eigenvalue weighted by atomic mass is 10.1. The summed E-state index contributed by atoms with van der Waals surface area (Å²) in [6.45, 7) is 2.86. The molecule has 2 heterocycles. The lowest BCUT2D eigenvalue weighted by molar-refractivity contribution is -0.117. The average Bonchev–Trinajstić information content (AvgIpc) is 3.30. The van der Waals surface area contributed by atoms with Crippen LogP contribution >= 0.6 is 11.6 Å². The number of carbonyl (C=O) groups excluding carboxylic acids is 1. The van der Waals surface area contributed by atoms with Crippen LogP contribution < -0.4 is 9.64 Å². The molecule has 144 valence electrons. The number of nitrogens with zero attached hydrogens (tertiary/aromatic N) is 3. The molecule has 8 heteroatoms. The lowest BCUT2D eigenvalue weighted by Gasteiger charge is -2.17. The molecule has 1 fully saturated rings. The van der Waals surface area contributed by atoms with E-state index in [4.69, 9.17) is 20.9 Å². The van der Waals surface area contributed by atoms with E-state index in [9.17, 15) is 9.18 Å². The van der Waals surface area contributed by atoms with E-state index in [2.05, 4.69) is 10.1 Å². The van der Waals surface area contributed by atoms with E-state index >= 15 is 0 Å². The number of anilines is 1. The Balaban J connectivity index is 1.52. The first-order chi connectivity index (χ1) is 13.5. The number of rotatable bonds is 5. The number of aromatic nitrogens is 2. The van der Waals surface area contributed by atoms with Gasteiger partial charge < -0.3 is 14.2 Å². The monoisotopic (exact) mass is 401 g/mol. The van der Waals surface area contributed by atoms with E-state index in [-0.39, 0.29) is 23.3 Å². The Morgan fingerprint density at radius 2 is 2.07 bits per heavy atom. The van der Waals surface area contributed by atoms with Crippen molar-refractivity contribution in [1.29, 1.82) is 0 Å². The van der Waals surface area contributed by atoms with Crippen molar-refractivity contribution in [2.75, 3.05) is 18.1 Å². The van der Waals surface area contributed by atoms with Crippen LogP contribution in [-0.4, -0.2) is 29.2 Å². The fourth-order valence-corrected chi connectivity index (χ4v) is 3.46. The zero-order valence-corrected chi connectivity index (χ0v) is 15.8. The van der Waals surface area contributed by atoms with Gasteiger partial charge in [0.05, 0.1) is 23.2 Å². The second-order valence-corrected chi connectivity index (χ2v) is 6.82. The van der Waals surface area contributed by atoms with Gasteiger partial charge in [0.2, 0.25) is 17.6 Å². The van der Waals surface area contributed by atoms with Crippen LogP contribution in [0.3, 0.4) is 0 Å². The number of hydrogen-bond acceptors (Lipinski definition) is 5. The lowest BCUT2D eigenvalue weighted by Crippen LogP contribution is -2.24. The van der Waals surface area contributed by atoms with Crippen LogP contribution in [-0.2, 0) is 4.79 Å². The SMILES string of the molecule is CCOc1ccc(-c2noc(C3CC(=O)N(c4ccc(F)cc4Cl)C3)n2)cc1. The highest BCUT2D eigenvalue weighted by Gasteiger charge is 2.36. The van der Waals surface area contributed by atoms with Crippen molar-refractivity contribution < 1.29 is 18.4 Å². The first-order valence-electron chi connectivity index (χ1n) is 8.87. The molecule has 1 aliphatic heterocycles. The topological polar surface area (TPSA) is 68.5 Å². The van der Waals surface area contributed by atoms with Gasteiger partial charge in [0, 0.05) is 18.5 Å². The van der Waals surface area contributed by atoms with Crippen molar-refractivity contribution in [2.45, 2.75) is 19.3 Å². The van der Waals surface area contributed by atoms with Crippen LogP contribution in [0.15, 0.2) is 47.0 Å². The summed E-state index contributed by atoms with van der Waals surface area (Å²) in [5, 5.41) is 4.22. The Bertz CT molecular complexity index is 1010. The Hall–Kier alpha value is -2.93. The van der Waals surface area contributed by atoms with E-state index in [1.54, 1.807) is 0 Å². The minimum absolute atomic E-state index is 0.126. The van der Waals surface area contributed by atoms with Crippen molar-refractivity contribution in [3.8, 4) is 17.1 Å². The summed E-state index contributed by atoms with van der Waals surface area (Å²) >= 11 is 6.09. The molecule has 4 rings (SSSR count). The molecule has 1 amide bonds. The van der Waals surface area contributed by atoms with Gasteiger partial charge in [0.25, 0.3) is 0 Å². The number of ether oxygens (including phenoxy) is 1. The summed E-state index contributed by atoms with van der Waals surface area (Å²) in [7, 11) is 0. The molecule has 0 N–H and O–H groups in total. The van der Waals surface area contributed by atoms with Crippen LogP contribution in [0.25, 0.3) is 11.4 Å². The normalized spacial score (nSPS) is 16.6. The van der Waals surface area contributed by atoms with Gasteiger partial charge in [-0.25, -0.2) is 4.39 Å². The third-order valence-electron chi connectivity index (χ3n) is 4.54. The smallest absolute Gasteiger partial charge is 0.232 e. The summed E-state index contributed by atoms with van der Waals surface area (Å²) in [4.78, 5) is 18.4. The predicted octanol–water partition coefficient (Wildman–Crippen LogP) is 4.45. The van der Waals surface area contributed by atoms with Gasteiger partial charge in [0.1, 0.15) is 11.6 Å². The fourth-order valence-electron chi connectivity index (χ4n) is 3.19. The molecule has 6 nitrogen and oxygen atoms in total. The molecule has 0 radical (unpaired) electrons. The van der Waals surface area contributed by atoms with Crippen LogP contribution in [0.2, 0.25) is 5.02 Å². The maximum atomic E-state index is 13.3. The maximum Gasteiger partial charge on any atom is 0.232 e. The van der Waals surface area contributed by atoms with Gasteiger partial charge in [-0.1, -0.05) is 16.8 Å². The highest BCUT2D eigenvalue weighted by molar-refractivity contribution is 6.33. The highest BCUT2D eigenvalue weighted by atomic mass is 35.5. The van der Waals surface area contributed by atoms with E-state index in [1.807, 2.05) is 31.2 Å². The summed E-state index contributed by atoms with van der Waals surface area (Å²) in [6, 6.07) is 11.3. The molecule has 0 spiro atoms. The molecule has 1 atom stereocenters. The fraction of sp³-hybridized carbons (Fsp3) is 0.250. The number of benzene rings is 2. The zero-order chi connectivity index (χ0) is 19.7. The van der Waals surface area contributed by atoms with Crippen LogP contribution in [0, 0.1) is 5.82 Å². The molecule has 1 unspecified atom stereocenters. The van der Waals surface area contributed by atoms with Gasteiger partial charge in [-0.15, -0.1) is 0 Å². The summed E-state index contributed by atoms with van der Waals surface area (Å²) in [5.41, 5.74) is 1.27. The van der Waals surface area contributed by atoms with Gasteiger partial charge in [-0.05, 0) is 49.4 Å². The first kappa shape index (κ1) is 18.4. The second kappa shape index (κ2) is 7.59. The quantitative estimate of drug-likeness (QED) is 0.631. The third kappa shape index (κ3) is 3.57. The van der Waals surface area contributed by atoms with Gasteiger partial charge >= 0.3 is 0 Å². The van der Waals surface area contributed by atoms with Gasteiger partial charge in [-0.2, -0.15) is 4.98 Å². The van der Waals surface area contributed by atoms with E-state index in [1.165, 1.54) is 23.1 Å². The molecule has 0 bridgehead atoms. The largest absolute Gasteiger partial charge is 0.494 e. The number of halogens is 2. The van der Waals surface area contributed by atoms with Crippen molar-refractivity contribution in [3.05, 3.63) is 59.2 Å². The van der Waals surface area contributed by atoms with E-state index in [0.29, 0.717) is 30.6 Å². The molecule has 28 heavy (non-hydrogen) atoms. The molecule has 2 aromatic carbocycles. The molecule has 1 aromatic heterocycles. The van der Waals surface area contributed by atoms with Crippen molar-refractivity contribution in [1.82, 2.24) is 10.1 Å². The van der Waals surface area contributed by atoms with Crippen LogP contribution in [0.5, 0.6) is 5.75 Å². The van der Waals surface area contributed by atoms with Gasteiger partial charge in [0.15, 0.2) is 0 Å². The molecular formula is C20H17ClFN3O3. The van der Waals surface area contributed by atoms with Crippen LogP contribution in [0.4, 0.5) is 10.1 Å². The number of amides is 1. The highest BCUT2D eigenvalue weighted by Crippen LogP contribution is 2.35. The van der Waals surface area contributed by atoms with E-state index < -0.39 is 5.82 Å². The minimum Gasteiger partial charge on any atom is -0.494 e.